The predicted octanol–water partition coefficient (Wildman–Crippen LogP) is 2.80. The largest absolute Gasteiger partial charge is 0.494 e. The number of halogens is 1. The average Bonchev–Trinajstić information content (AvgIpc) is 2.48. The number of hydrogen-bond donors (Lipinski definition) is 1. The fourth-order valence-corrected chi connectivity index (χ4v) is 3.89. The second-order valence-electron chi connectivity index (χ2n) is 6.56. The Kier molecular flexibility index (Phi) is 4.45. The SMILES string of the molecule is COc1ccc(CN2CCCC3(CCCNC3)C2)cc1F. The molecule has 1 unspecified atom stereocenters. The maximum Gasteiger partial charge on any atom is 0.165 e. The van der Waals surface area contributed by atoms with Crippen LogP contribution in [0.5, 0.6) is 5.75 Å². The molecule has 0 radical (unpaired) electrons. The van der Waals surface area contributed by atoms with Gasteiger partial charge in [-0.3, -0.25) is 4.90 Å². The van der Waals surface area contributed by atoms with Crippen LogP contribution in [0.4, 0.5) is 4.39 Å². The third kappa shape index (κ3) is 3.38. The quantitative estimate of drug-likeness (QED) is 0.927. The van der Waals surface area contributed by atoms with Gasteiger partial charge in [0.25, 0.3) is 0 Å². The average molecular weight is 292 g/mol. The molecule has 0 saturated carbocycles. The summed E-state index contributed by atoms with van der Waals surface area (Å²) in [6.07, 6.45) is 5.19. The highest BCUT2D eigenvalue weighted by Crippen LogP contribution is 2.36. The van der Waals surface area contributed by atoms with E-state index in [-0.39, 0.29) is 5.82 Å². The van der Waals surface area contributed by atoms with E-state index in [2.05, 4.69) is 10.2 Å². The molecule has 2 heterocycles. The van der Waals surface area contributed by atoms with Crippen molar-refractivity contribution < 1.29 is 9.13 Å². The molecule has 1 aromatic rings. The fraction of sp³-hybridized carbons (Fsp3) is 0.647. The monoisotopic (exact) mass is 292 g/mol. The van der Waals surface area contributed by atoms with Crippen LogP contribution >= 0.6 is 0 Å². The van der Waals surface area contributed by atoms with Gasteiger partial charge in [-0.15, -0.1) is 0 Å². The summed E-state index contributed by atoms with van der Waals surface area (Å²) in [7, 11) is 1.50. The minimum Gasteiger partial charge on any atom is -0.494 e. The number of nitrogens with one attached hydrogen (secondary N) is 1. The van der Waals surface area contributed by atoms with E-state index in [1.54, 1.807) is 12.1 Å². The van der Waals surface area contributed by atoms with E-state index in [0.717, 1.165) is 38.3 Å². The molecule has 2 aliphatic rings. The Hall–Kier alpha value is -1.13. The van der Waals surface area contributed by atoms with Crippen molar-refractivity contribution >= 4 is 0 Å². The normalized spacial score (nSPS) is 27.0. The number of ether oxygens (including phenoxy) is 1. The minimum absolute atomic E-state index is 0.263. The molecule has 2 fully saturated rings. The van der Waals surface area contributed by atoms with Crippen LogP contribution in [0.25, 0.3) is 0 Å². The molecule has 3 rings (SSSR count). The number of likely N-dealkylation sites (tertiary alicyclic amines) is 1. The molecule has 1 atom stereocenters. The third-order valence-corrected chi connectivity index (χ3v) is 4.92. The van der Waals surface area contributed by atoms with Crippen molar-refractivity contribution in [3.63, 3.8) is 0 Å². The lowest BCUT2D eigenvalue weighted by Crippen LogP contribution is -2.50. The first-order chi connectivity index (χ1) is 10.2. The van der Waals surface area contributed by atoms with Gasteiger partial charge in [-0.05, 0) is 61.9 Å². The van der Waals surface area contributed by atoms with Gasteiger partial charge < -0.3 is 10.1 Å². The minimum atomic E-state index is -0.263. The molecule has 1 aromatic carbocycles. The molecular formula is C17H25FN2O. The van der Waals surface area contributed by atoms with Crippen molar-refractivity contribution in [2.75, 3.05) is 33.3 Å². The van der Waals surface area contributed by atoms with Crippen LogP contribution in [0.15, 0.2) is 18.2 Å². The Labute approximate surface area is 126 Å². The van der Waals surface area contributed by atoms with Crippen molar-refractivity contribution in [1.29, 1.82) is 0 Å². The molecule has 21 heavy (non-hydrogen) atoms. The molecular weight excluding hydrogens is 267 g/mol. The highest BCUT2D eigenvalue weighted by atomic mass is 19.1. The first-order valence-corrected chi connectivity index (χ1v) is 7.96. The lowest BCUT2D eigenvalue weighted by molar-refractivity contribution is 0.0600. The number of benzene rings is 1. The molecule has 3 nitrogen and oxygen atoms in total. The first-order valence-electron chi connectivity index (χ1n) is 7.96. The summed E-state index contributed by atoms with van der Waals surface area (Å²) in [5, 5.41) is 3.55. The van der Waals surface area contributed by atoms with Crippen molar-refractivity contribution in [3.8, 4) is 5.75 Å². The van der Waals surface area contributed by atoms with Gasteiger partial charge >= 0.3 is 0 Å². The van der Waals surface area contributed by atoms with Crippen LogP contribution < -0.4 is 10.1 Å². The third-order valence-electron chi connectivity index (χ3n) is 4.92. The number of hydrogen-bond acceptors (Lipinski definition) is 3. The molecule has 0 amide bonds. The van der Waals surface area contributed by atoms with Gasteiger partial charge in [-0.25, -0.2) is 4.39 Å². The van der Waals surface area contributed by atoms with Crippen LogP contribution in [0.3, 0.4) is 0 Å². The van der Waals surface area contributed by atoms with E-state index in [0.29, 0.717) is 11.2 Å². The van der Waals surface area contributed by atoms with Gasteiger partial charge in [0.1, 0.15) is 0 Å². The summed E-state index contributed by atoms with van der Waals surface area (Å²) in [5.74, 6) is 0.0615. The van der Waals surface area contributed by atoms with Gasteiger partial charge in [0, 0.05) is 19.6 Å². The fourth-order valence-electron chi connectivity index (χ4n) is 3.89. The highest BCUT2D eigenvalue weighted by Gasteiger charge is 2.36. The molecule has 0 aliphatic carbocycles. The summed E-state index contributed by atoms with van der Waals surface area (Å²) < 4.78 is 18.8. The second kappa shape index (κ2) is 6.32. The summed E-state index contributed by atoms with van der Waals surface area (Å²) >= 11 is 0. The van der Waals surface area contributed by atoms with Crippen molar-refractivity contribution in [2.45, 2.75) is 32.2 Å². The van der Waals surface area contributed by atoms with Gasteiger partial charge in [0.15, 0.2) is 11.6 Å². The van der Waals surface area contributed by atoms with Gasteiger partial charge in [0.2, 0.25) is 0 Å². The lowest BCUT2D eigenvalue weighted by atomic mass is 9.74. The van der Waals surface area contributed by atoms with E-state index in [4.69, 9.17) is 4.74 Å². The van der Waals surface area contributed by atoms with E-state index >= 15 is 0 Å². The van der Waals surface area contributed by atoms with E-state index in [1.807, 2.05) is 6.07 Å². The molecule has 4 heteroatoms. The summed E-state index contributed by atoms with van der Waals surface area (Å²) in [5.41, 5.74) is 1.48. The van der Waals surface area contributed by atoms with Gasteiger partial charge in [-0.1, -0.05) is 6.07 Å². The Morgan fingerprint density at radius 2 is 2.19 bits per heavy atom. The zero-order chi connectivity index (χ0) is 14.7. The van der Waals surface area contributed by atoms with E-state index in [9.17, 15) is 4.39 Å². The summed E-state index contributed by atoms with van der Waals surface area (Å²) in [6, 6.07) is 5.31. The number of methoxy groups -OCH3 is 1. The summed E-state index contributed by atoms with van der Waals surface area (Å²) in [4.78, 5) is 2.48. The van der Waals surface area contributed by atoms with Crippen molar-refractivity contribution in [1.82, 2.24) is 10.2 Å². The molecule has 1 N–H and O–H groups in total. The van der Waals surface area contributed by atoms with Crippen LogP contribution in [0, 0.1) is 11.2 Å². The Balaban J connectivity index is 1.65. The van der Waals surface area contributed by atoms with Crippen molar-refractivity contribution in [2.24, 2.45) is 5.41 Å². The number of rotatable bonds is 3. The molecule has 116 valence electrons. The second-order valence-corrected chi connectivity index (χ2v) is 6.56. The number of piperidine rings is 2. The maximum atomic E-state index is 13.8. The number of nitrogens with zero attached hydrogens (tertiary/aromatic N) is 1. The zero-order valence-corrected chi connectivity index (χ0v) is 12.8. The topological polar surface area (TPSA) is 24.5 Å². The van der Waals surface area contributed by atoms with Crippen LogP contribution in [-0.2, 0) is 6.54 Å². The highest BCUT2D eigenvalue weighted by molar-refractivity contribution is 5.29. The maximum absolute atomic E-state index is 13.8. The van der Waals surface area contributed by atoms with Crippen molar-refractivity contribution in [3.05, 3.63) is 29.6 Å². The molecule has 2 saturated heterocycles. The predicted molar refractivity (Wildman–Crippen MR) is 82.0 cm³/mol. The molecule has 0 bridgehead atoms. The van der Waals surface area contributed by atoms with E-state index in [1.165, 1.54) is 32.8 Å². The Morgan fingerprint density at radius 1 is 1.33 bits per heavy atom. The standard InChI is InChI=1S/C17H25FN2O/c1-21-16-5-4-14(10-15(16)18)11-20-9-3-7-17(13-20)6-2-8-19-12-17/h4-5,10,19H,2-3,6-9,11-13H2,1H3. The smallest absolute Gasteiger partial charge is 0.165 e. The van der Waals surface area contributed by atoms with E-state index < -0.39 is 0 Å². The molecule has 1 spiro atoms. The first kappa shape index (κ1) is 14.8. The Morgan fingerprint density at radius 3 is 2.90 bits per heavy atom. The van der Waals surface area contributed by atoms with Gasteiger partial charge in [0.05, 0.1) is 7.11 Å². The van der Waals surface area contributed by atoms with Crippen LogP contribution in [0.1, 0.15) is 31.2 Å². The molecule has 0 aromatic heterocycles. The van der Waals surface area contributed by atoms with Gasteiger partial charge in [-0.2, -0.15) is 0 Å². The lowest BCUT2D eigenvalue weighted by Gasteiger charge is -2.45. The zero-order valence-electron chi connectivity index (χ0n) is 12.8. The molecule has 2 aliphatic heterocycles. The Bertz CT molecular complexity index is 480. The van der Waals surface area contributed by atoms with Crippen LogP contribution in [-0.4, -0.2) is 38.2 Å². The summed E-state index contributed by atoms with van der Waals surface area (Å²) in [6.45, 7) is 5.39. The van der Waals surface area contributed by atoms with Crippen LogP contribution in [0.2, 0.25) is 0 Å².